The van der Waals surface area contributed by atoms with Gasteiger partial charge in [0.25, 0.3) is 0 Å². The van der Waals surface area contributed by atoms with Gasteiger partial charge >= 0.3 is 0 Å². The van der Waals surface area contributed by atoms with Gasteiger partial charge in [-0.15, -0.1) is 0 Å². The summed E-state index contributed by atoms with van der Waals surface area (Å²) >= 11 is 0. The molecule has 1 fully saturated rings. The smallest absolute Gasteiger partial charge is 0.0582 e. The average Bonchev–Trinajstić information content (AvgIpc) is 3.07. The fraction of sp³-hybridized carbons (Fsp3) is 0.450. The van der Waals surface area contributed by atoms with Crippen LogP contribution in [0.4, 0.5) is 5.69 Å². The second kappa shape index (κ2) is 11.4. The van der Waals surface area contributed by atoms with E-state index < -0.39 is 0 Å². The Balaban J connectivity index is 1.20. The molecule has 0 spiro atoms. The molecule has 1 saturated carbocycles. The zero-order chi connectivity index (χ0) is 27.9. The summed E-state index contributed by atoms with van der Waals surface area (Å²) in [5.41, 5.74) is 11.2. The van der Waals surface area contributed by atoms with Crippen molar-refractivity contribution >= 4 is 5.69 Å². The first kappa shape index (κ1) is 26.4. The lowest BCUT2D eigenvalue weighted by molar-refractivity contribution is 0.204. The van der Waals surface area contributed by atoms with E-state index in [1.54, 1.807) is 33.7 Å². The Morgan fingerprint density at radius 3 is 2.43 bits per heavy atom. The van der Waals surface area contributed by atoms with Gasteiger partial charge in [-0.2, -0.15) is 0 Å². The maximum Gasteiger partial charge on any atom is 0.0582 e. The molecule has 0 N–H and O–H groups in total. The molecule has 0 amide bonds. The van der Waals surface area contributed by atoms with Gasteiger partial charge in [0.05, 0.1) is 12.1 Å². The summed E-state index contributed by atoms with van der Waals surface area (Å²) in [4.78, 5) is 5.62. The maximum absolute atomic E-state index is 2.83. The Bertz CT molecular complexity index is 1440. The molecule has 216 valence electrons. The standard InChI is InChI=1S/C40H46N2/c1-5-13-31(14-6-1)41(32-15-7-2-8-16-32)37-27-23-29-22-26-36-38(28-24-30-21-25-35(37)39(29)40(30)36)42(33-17-9-3-10-18-33)34-19-11-4-12-20-34/h1,3,5-6,9-10,13-14,17,19,22,24,26-29,32-33,36,38H,2,4,7-8,11-12,15-16,18,20-21,23,25H2/t29-,33?,36?,38?/m0/s1. The molecule has 7 aliphatic rings. The zero-order valence-corrected chi connectivity index (χ0v) is 25.1. The van der Waals surface area contributed by atoms with Crippen LogP contribution in [-0.2, 0) is 0 Å². The van der Waals surface area contributed by atoms with Crippen LogP contribution in [0.15, 0.2) is 125 Å². The summed E-state index contributed by atoms with van der Waals surface area (Å²) < 4.78 is 0. The Kier molecular flexibility index (Phi) is 7.18. The molecule has 7 aliphatic carbocycles. The van der Waals surface area contributed by atoms with Crippen LogP contribution >= 0.6 is 0 Å². The Morgan fingerprint density at radius 1 is 0.714 bits per heavy atom. The lowest BCUT2D eigenvalue weighted by Gasteiger charge is -2.50. The fourth-order valence-electron chi connectivity index (χ4n) is 9.18. The monoisotopic (exact) mass is 554 g/mol. The Morgan fingerprint density at radius 2 is 1.62 bits per heavy atom. The minimum atomic E-state index is 0.385. The van der Waals surface area contributed by atoms with E-state index >= 15 is 0 Å². The third kappa shape index (κ3) is 4.62. The minimum absolute atomic E-state index is 0.385. The van der Waals surface area contributed by atoms with Crippen LogP contribution in [0.2, 0.25) is 0 Å². The third-order valence-corrected chi connectivity index (χ3v) is 11.1. The summed E-state index contributed by atoms with van der Waals surface area (Å²) in [6.45, 7) is 0. The van der Waals surface area contributed by atoms with Gasteiger partial charge in [0.15, 0.2) is 0 Å². The highest BCUT2D eigenvalue weighted by Crippen LogP contribution is 2.53. The first-order valence-electron chi connectivity index (χ1n) is 17.1. The average molecular weight is 555 g/mol. The quantitative estimate of drug-likeness (QED) is 0.323. The van der Waals surface area contributed by atoms with Gasteiger partial charge in [0.1, 0.15) is 0 Å². The van der Waals surface area contributed by atoms with Crippen molar-refractivity contribution in [3.63, 3.8) is 0 Å². The zero-order valence-electron chi connectivity index (χ0n) is 25.1. The number of hydrogen-bond donors (Lipinski definition) is 0. The first-order chi connectivity index (χ1) is 20.9. The molecule has 0 aliphatic heterocycles. The molecule has 2 heteroatoms. The molecule has 3 unspecified atom stereocenters. The van der Waals surface area contributed by atoms with E-state index in [4.69, 9.17) is 0 Å². The number of rotatable bonds is 6. The lowest BCUT2D eigenvalue weighted by Crippen LogP contribution is -2.48. The molecular formula is C40H46N2. The molecule has 0 saturated heterocycles. The van der Waals surface area contributed by atoms with Crippen molar-refractivity contribution in [3.05, 3.63) is 125 Å². The van der Waals surface area contributed by atoms with Crippen molar-refractivity contribution in [1.29, 1.82) is 0 Å². The number of anilines is 1. The largest absolute Gasteiger partial charge is 0.361 e. The van der Waals surface area contributed by atoms with Crippen molar-refractivity contribution in [2.75, 3.05) is 4.90 Å². The summed E-state index contributed by atoms with van der Waals surface area (Å²) in [5, 5.41) is 0. The molecule has 42 heavy (non-hydrogen) atoms. The summed E-state index contributed by atoms with van der Waals surface area (Å²) in [7, 11) is 0. The van der Waals surface area contributed by atoms with E-state index in [0.717, 1.165) is 12.8 Å². The molecule has 4 atom stereocenters. The van der Waals surface area contributed by atoms with Gasteiger partial charge in [-0.25, -0.2) is 0 Å². The van der Waals surface area contributed by atoms with Crippen LogP contribution in [-0.4, -0.2) is 23.0 Å². The van der Waals surface area contributed by atoms with E-state index in [1.807, 2.05) is 0 Å². The van der Waals surface area contributed by atoms with Crippen LogP contribution in [0, 0.1) is 11.8 Å². The molecule has 1 aromatic carbocycles. The number of hydrogen-bond acceptors (Lipinski definition) is 2. The Hall–Kier alpha value is -3.26. The molecule has 8 rings (SSSR count). The number of allylic oxidation sites excluding steroid dienone is 10. The van der Waals surface area contributed by atoms with Gasteiger partial charge in [-0.05, 0) is 98.6 Å². The van der Waals surface area contributed by atoms with Gasteiger partial charge in [0, 0.05) is 35.0 Å². The highest BCUT2D eigenvalue weighted by molar-refractivity contribution is 5.67. The Labute approximate surface area is 253 Å². The van der Waals surface area contributed by atoms with Gasteiger partial charge in [-0.1, -0.05) is 98.2 Å². The van der Waals surface area contributed by atoms with E-state index in [0.29, 0.717) is 30.0 Å². The van der Waals surface area contributed by atoms with Crippen molar-refractivity contribution in [3.8, 4) is 0 Å². The molecule has 0 heterocycles. The maximum atomic E-state index is 2.83. The summed E-state index contributed by atoms with van der Waals surface area (Å²) in [6.07, 6.45) is 41.3. The highest BCUT2D eigenvalue weighted by atomic mass is 15.2. The molecule has 0 radical (unpaired) electrons. The second-order valence-electron chi connectivity index (χ2n) is 13.5. The van der Waals surface area contributed by atoms with Crippen LogP contribution in [0.5, 0.6) is 0 Å². The number of nitrogens with zero attached hydrogens (tertiary/aromatic N) is 2. The van der Waals surface area contributed by atoms with E-state index in [-0.39, 0.29) is 0 Å². The van der Waals surface area contributed by atoms with Crippen LogP contribution in [0.25, 0.3) is 0 Å². The van der Waals surface area contributed by atoms with Crippen LogP contribution < -0.4 is 4.90 Å². The first-order valence-corrected chi connectivity index (χ1v) is 17.1. The second-order valence-corrected chi connectivity index (χ2v) is 13.5. The van der Waals surface area contributed by atoms with Crippen molar-refractivity contribution in [2.24, 2.45) is 11.8 Å². The van der Waals surface area contributed by atoms with Crippen molar-refractivity contribution in [2.45, 2.75) is 102 Å². The van der Waals surface area contributed by atoms with Gasteiger partial charge < -0.3 is 9.80 Å². The van der Waals surface area contributed by atoms with Crippen LogP contribution in [0.1, 0.15) is 83.5 Å². The van der Waals surface area contributed by atoms with Crippen molar-refractivity contribution < 1.29 is 0 Å². The van der Waals surface area contributed by atoms with E-state index in [9.17, 15) is 0 Å². The third-order valence-electron chi connectivity index (χ3n) is 11.1. The molecule has 0 aromatic heterocycles. The van der Waals surface area contributed by atoms with E-state index in [1.165, 1.54) is 76.3 Å². The predicted octanol–water partition coefficient (Wildman–Crippen LogP) is 9.89. The summed E-state index contributed by atoms with van der Waals surface area (Å²) in [6, 6.07) is 12.8. The normalized spacial score (nSPS) is 30.2. The molecule has 2 nitrogen and oxygen atoms in total. The van der Waals surface area contributed by atoms with Gasteiger partial charge in [0.2, 0.25) is 0 Å². The highest BCUT2D eigenvalue weighted by Gasteiger charge is 2.43. The number of benzene rings is 1. The fourth-order valence-corrected chi connectivity index (χ4v) is 9.18. The predicted molar refractivity (Wildman–Crippen MR) is 176 cm³/mol. The minimum Gasteiger partial charge on any atom is -0.361 e. The SMILES string of the molecule is C1=CCC(N(C2=CCCCC2)C2C=CC3=C4C5=C(CC3)C(N(c3ccccc3)C3CCCCC3)=CC[C@@H]5C=CC42)C=C1. The molecule has 1 aromatic rings. The number of para-hydroxylation sites is 1. The summed E-state index contributed by atoms with van der Waals surface area (Å²) in [5.74, 6) is 0.967. The van der Waals surface area contributed by atoms with Crippen molar-refractivity contribution in [1.82, 2.24) is 4.90 Å². The molecular weight excluding hydrogens is 508 g/mol. The van der Waals surface area contributed by atoms with E-state index in [2.05, 4.69) is 101 Å². The van der Waals surface area contributed by atoms with Gasteiger partial charge in [-0.3, -0.25) is 0 Å². The van der Waals surface area contributed by atoms with Crippen LogP contribution in [0.3, 0.4) is 0 Å². The molecule has 0 bridgehead atoms. The lowest BCUT2D eigenvalue weighted by atomic mass is 9.64. The topological polar surface area (TPSA) is 6.48 Å².